The van der Waals surface area contributed by atoms with E-state index in [1.807, 2.05) is 12.1 Å². The number of nitriles is 2. The highest BCUT2D eigenvalue weighted by atomic mass is 32.5. The lowest BCUT2D eigenvalue weighted by molar-refractivity contribution is -0.0598. The van der Waals surface area contributed by atoms with Crippen molar-refractivity contribution in [3.05, 3.63) is 58.6 Å². The smallest absolute Gasteiger partial charge is 0.351 e. The van der Waals surface area contributed by atoms with Crippen LogP contribution in [0.3, 0.4) is 0 Å². The summed E-state index contributed by atoms with van der Waals surface area (Å²) in [5.41, 5.74) is -2.77. The molecule has 220 valence electrons. The van der Waals surface area contributed by atoms with Crippen molar-refractivity contribution >= 4 is 30.3 Å². The summed E-state index contributed by atoms with van der Waals surface area (Å²) < 4.78 is 24.9. The summed E-state index contributed by atoms with van der Waals surface area (Å²) in [5.74, 6) is -0.498. The summed E-state index contributed by atoms with van der Waals surface area (Å²) in [7, 11) is 0. The second kappa shape index (κ2) is 13.3. The largest absolute Gasteiger partial charge is 0.394 e. The minimum Gasteiger partial charge on any atom is -0.394 e. The Labute approximate surface area is 242 Å². The molecule has 4 atom stereocenters. The van der Waals surface area contributed by atoms with Crippen molar-refractivity contribution in [3.63, 3.8) is 0 Å². The van der Waals surface area contributed by atoms with Crippen molar-refractivity contribution in [2.45, 2.75) is 76.3 Å². The van der Waals surface area contributed by atoms with E-state index >= 15 is 0 Å². The maximum atomic E-state index is 13.1. The average Bonchev–Trinajstić information content (AvgIpc) is 3.17. The zero-order valence-corrected chi connectivity index (χ0v) is 24.7. The summed E-state index contributed by atoms with van der Waals surface area (Å²) in [6, 6.07) is 13.7. The number of anilines is 1. The molecule has 2 heterocycles. The second-order valence-electron chi connectivity index (χ2n) is 10.5. The normalized spacial score (nSPS) is 21.2. The van der Waals surface area contributed by atoms with Crippen LogP contribution in [0.25, 0.3) is 0 Å². The monoisotopic (exact) mass is 605 g/mol. The Morgan fingerprint density at radius 3 is 2.24 bits per heavy atom. The number of hydrogen-bond donors (Lipinski definition) is 3. The lowest BCUT2D eigenvalue weighted by atomic mass is 10.1. The number of aliphatic hydroxyl groups excluding tert-OH is 2. The van der Waals surface area contributed by atoms with E-state index in [4.69, 9.17) is 30.1 Å². The molecule has 3 rings (SSSR count). The van der Waals surface area contributed by atoms with Gasteiger partial charge < -0.3 is 29.3 Å². The zero-order valence-electron chi connectivity index (χ0n) is 23.0. The van der Waals surface area contributed by atoms with Gasteiger partial charge in [-0.25, -0.2) is 4.79 Å². The van der Waals surface area contributed by atoms with Crippen LogP contribution in [0.4, 0.5) is 5.82 Å². The molecule has 3 N–H and O–H groups in total. The Hall–Kier alpha value is -3.04. The van der Waals surface area contributed by atoms with Crippen LogP contribution in [0.1, 0.15) is 57.1 Å². The first-order chi connectivity index (χ1) is 19.2. The van der Waals surface area contributed by atoms with Gasteiger partial charge >= 0.3 is 12.4 Å². The molecule has 1 saturated heterocycles. The standard InChI is InChI=1S/C26H32N5O8PS/c1-25(2,11-13-27)38-40(41,39-26(3,4)12-14-28)37-21-20(33)18(16-32)36-23(21)31-15-10-19(30-24(31)35)29-22(34)17-8-6-5-7-9-17/h5-10,15,18,20-21,23,32-33H,11-12,16H2,1-4H3,(H,29,30,34,35)/t18-,20-,21-,23-/m1/s1. The number of carbonyl (C=O) groups is 1. The molecule has 0 unspecified atom stereocenters. The van der Waals surface area contributed by atoms with Crippen molar-refractivity contribution in [2.75, 3.05) is 11.9 Å². The number of carbonyl (C=O) groups excluding carboxylic acids is 1. The molecule has 0 aliphatic carbocycles. The molecule has 13 nitrogen and oxygen atoms in total. The molecule has 1 aromatic heterocycles. The number of benzene rings is 1. The first-order valence-electron chi connectivity index (χ1n) is 12.6. The molecule has 1 aliphatic heterocycles. The molecule has 0 bridgehead atoms. The van der Waals surface area contributed by atoms with Gasteiger partial charge in [0.1, 0.15) is 24.1 Å². The van der Waals surface area contributed by atoms with Crippen LogP contribution in [0.5, 0.6) is 0 Å². The van der Waals surface area contributed by atoms with Gasteiger partial charge in [-0.05, 0) is 57.7 Å². The van der Waals surface area contributed by atoms with Crippen LogP contribution < -0.4 is 11.0 Å². The zero-order chi connectivity index (χ0) is 30.4. The Morgan fingerprint density at radius 2 is 1.73 bits per heavy atom. The van der Waals surface area contributed by atoms with E-state index in [-0.39, 0.29) is 18.7 Å². The van der Waals surface area contributed by atoms with Gasteiger partial charge in [0, 0.05) is 11.8 Å². The van der Waals surface area contributed by atoms with Crippen LogP contribution in [0.15, 0.2) is 47.4 Å². The van der Waals surface area contributed by atoms with Gasteiger partial charge in [0.25, 0.3) is 5.91 Å². The van der Waals surface area contributed by atoms with Crippen molar-refractivity contribution in [1.82, 2.24) is 9.55 Å². The Balaban J connectivity index is 1.94. The van der Waals surface area contributed by atoms with Gasteiger partial charge in [-0.15, -0.1) is 0 Å². The van der Waals surface area contributed by atoms with Gasteiger partial charge in [-0.2, -0.15) is 15.5 Å². The minimum absolute atomic E-state index is 0.0249. The lowest BCUT2D eigenvalue weighted by Crippen LogP contribution is -2.39. The van der Waals surface area contributed by atoms with Gasteiger partial charge in [0.15, 0.2) is 6.23 Å². The van der Waals surface area contributed by atoms with E-state index in [1.54, 1.807) is 58.0 Å². The lowest BCUT2D eigenvalue weighted by Gasteiger charge is -2.37. The van der Waals surface area contributed by atoms with Crippen LogP contribution >= 0.6 is 6.72 Å². The number of rotatable bonds is 12. The number of aliphatic hydroxyl groups is 2. The summed E-state index contributed by atoms with van der Waals surface area (Å²) >= 11 is 5.69. The highest BCUT2D eigenvalue weighted by Crippen LogP contribution is 2.59. The predicted octanol–water partition coefficient (Wildman–Crippen LogP) is 2.77. The molecular formula is C26H32N5O8PS. The maximum Gasteiger partial charge on any atom is 0.351 e. The van der Waals surface area contributed by atoms with E-state index in [2.05, 4.69) is 10.3 Å². The Kier molecular flexibility index (Phi) is 10.5. The van der Waals surface area contributed by atoms with Gasteiger partial charge in [0.2, 0.25) is 0 Å². The molecule has 0 radical (unpaired) electrons. The number of amides is 1. The number of hydrogen-bond acceptors (Lipinski definition) is 12. The molecule has 41 heavy (non-hydrogen) atoms. The number of aromatic nitrogens is 2. The second-order valence-corrected chi connectivity index (χ2v) is 13.3. The Morgan fingerprint density at radius 1 is 1.15 bits per heavy atom. The minimum atomic E-state index is -3.86. The van der Waals surface area contributed by atoms with Crippen molar-refractivity contribution in [3.8, 4) is 12.1 Å². The Bertz CT molecular complexity index is 1390. The highest BCUT2D eigenvalue weighted by Gasteiger charge is 2.50. The number of nitrogens with zero attached hydrogens (tertiary/aromatic N) is 4. The molecule has 0 saturated carbocycles. The fourth-order valence-corrected chi connectivity index (χ4v) is 7.42. The number of ether oxygens (including phenoxy) is 1. The van der Waals surface area contributed by atoms with Crippen LogP contribution in [0.2, 0.25) is 0 Å². The molecule has 2 aromatic rings. The fourth-order valence-electron chi connectivity index (χ4n) is 3.92. The summed E-state index contributed by atoms with van der Waals surface area (Å²) in [5, 5.41) is 41.8. The van der Waals surface area contributed by atoms with E-state index in [1.165, 1.54) is 12.3 Å². The topological polar surface area (TPSA) is 189 Å². The van der Waals surface area contributed by atoms with Crippen LogP contribution in [0, 0.1) is 22.7 Å². The summed E-state index contributed by atoms with van der Waals surface area (Å²) in [6.45, 7) is 1.94. The third kappa shape index (κ3) is 8.49. The quantitative estimate of drug-likeness (QED) is 0.301. The van der Waals surface area contributed by atoms with E-state index in [0.29, 0.717) is 5.56 Å². The third-order valence-corrected chi connectivity index (χ3v) is 8.50. The average molecular weight is 606 g/mol. The fraction of sp³-hybridized carbons (Fsp3) is 0.500. The van der Waals surface area contributed by atoms with Gasteiger partial charge in [-0.3, -0.25) is 13.9 Å². The van der Waals surface area contributed by atoms with Crippen LogP contribution in [-0.4, -0.2) is 61.8 Å². The van der Waals surface area contributed by atoms with Crippen molar-refractivity contribution in [1.29, 1.82) is 10.5 Å². The maximum absolute atomic E-state index is 13.1. The predicted molar refractivity (Wildman–Crippen MR) is 150 cm³/mol. The molecule has 1 fully saturated rings. The SMILES string of the molecule is CC(C)(CC#N)OP(=S)(O[C@@H]1[C@H](O)[C@@H](CO)O[C@H]1n1ccc(NC(=O)c2ccccc2)nc1=O)OC(C)(C)CC#N. The van der Waals surface area contributed by atoms with Crippen molar-refractivity contribution in [2.24, 2.45) is 0 Å². The van der Waals surface area contributed by atoms with Crippen molar-refractivity contribution < 1.29 is 33.3 Å². The highest BCUT2D eigenvalue weighted by molar-refractivity contribution is 8.07. The first-order valence-corrected chi connectivity index (χ1v) is 15.1. The summed E-state index contributed by atoms with van der Waals surface area (Å²) in [6.07, 6.45) is -4.26. The molecule has 0 spiro atoms. The van der Waals surface area contributed by atoms with Crippen LogP contribution in [-0.2, 0) is 30.1 Å². The van der Waals surface area contributed by atoms with E-state index < -0.39 is 60.7 Å². The molecular weight excluding hydrogens is 573 g/mol. The van der Waals surface area contributed by atoms with E-state index in [0.717, 1.165) is 4.57 Å². The van der Waals surface area contributed by atoms with Gasteiger partial charge in [-0.1, -0.05) is 18.2 Å². The third-order valence-electron chi connectivity index (χ3n) is 5.85. The van der Waals surface area contributed by atoms with Gasteiger partial charge in [0.05, 0.1) is 42.8 Å². The molecule has 15 heteroatoms. The molecule has 1 amide bonds. The molecule has 1 aromatic carbocycles. The summed E-state index contributed by atoms with van der Waals surface area (Å²) in [4.78, 5) is 29.4. The number of nitrogens with one attached hydrogen (secondary N) is 1. The molecule has 1 aliphatic rings. The van der Waals surface area contributed by atoms with E-state index in [9.17, 15) is 30.3 Å². The first kappa shape index (κ1) is 32.5.